The van der Waals surface area contributed by atoms with Gasteiger partial charge < -0.3 is 10.6 Å². The number of anilines is 1. The largest absolute Gasteiger partial charge is 0.352 e. The molecule has 1 heterocycles. The van der Waals surface area contributed by atoms with Gasteiger partial charge in [-0.25, -0.2) is 12.7 Å². The van der Waals surface area contributed by atoms with Crippen LogP contribution < -0.4 is 10.6 Å². The summed E-state index contributed by atoms with van der Waals surface area (Å²) in [6, 6.07) is 16.8. The first-order valence-corrected chi connectivity index (χ1v) is 13.7. The molecule has 1 aliphatic rings. The Balaban J connectivity index is 1.49. The van der Waals surface area contributed by atoms with Crippen molar-refractivity contribution in [2.75, 3.05) is 30.7 Å². The molecule has 2 aromatic carbocycles. The maximum Gasteiger partial charge on any atom is 0.253 e. The van der Waals surface area contributed by atoms with Gasteiger partial charge in [0, 0.05) is 25.6 Å². The SMILES string of the molecule is CCCCNC(=O)c1ccccc1NC(=O)C1CCN(S(=O)(=O)CCCc2ccccc2)CC1. The molecule has 8 heteroatoms. The van der Waals surface area contributed by atoms with E-state index in [0.717, 1.165) is 24.8 Å². The van der Waals surface area contributed by atoms with Crippen LogP contribution >= 0.6 is 0 Å². The third-order valence-corrected chi connectivity index (χ3v) is 8.13. The van der Waals surface area contributed by atoms with Crippen LogP contribution in [0, 0.1) is 5.92 Å². The van der Waals surface area contributed by atoms with E-state index in [1.165, 1.54) is 4.31 Å². The van der Waals surface area contributed by atoms with Gasteiger partial charge in [0.05, 0.1) is 17.0 Å². The lowest BCUT2D eigenvalue weighted by Crippen LogP contribution is -2.42. The molecule has 0 radical (unpaired) electrons. The normalized spacial score (nSPS) is 15.1. The summed E-state index contributed by atoms with van der Waals surface area (Å²) < 4.78 is 27.0. The second kappa shape index (κ2) is 12.7. The third kappa shape index (κ3) is 7.40. The number of aryl methyl sites for hydroxylation is 1. The Kier molecular flexibility index (Phi) is 9.65. The van der Waals surface area contributed by atoms with Gasteiger partial charge in [0.15, 0.2) is 0 Å². The first-order chi connectivity index (χ1) is 16.4. The van der Waals surface area contributed by atoms with Gasteiger partial charge in [-0.3, -0.25) is 9.59 Å². The lowest BCUT2D eigenvalue weighted by Gasteiger charge is -2.30. The Morgan fingerprint density at radius 1 is 0.971 bits per heavy atom. The van der Waals surface area contributed by atoms with Crippen LogP contribution in [0.5, 0.6) is 0 Å². The third-order valence-electron chi connectivity index (χ3n) is 6.17. The molecule has 7 nitrogen and oxygen atoms in total. The van der Waals surface area contributed by atoms with Gasteiger partial charge in [0.2, 0.25) is 15.9 Å². The first kappa shape index (κ1) is 25.9. The molecule has 2 amide bonds. The van der Waals surface area contributed by atoms with Crippen LogP contribution in [-0.2, 0) is 21.2 Å². The fourth-order valence-corrected chi connectivity index (χ4v) is 5.66. The average Bonchev–Trinajstić information content (AvgIpc) is 2.85. The van der Waals surface area contributed by atoms with E-state index in [1.54, 1.807) is 24.3 Å². The van der Waals surface area contributed by atoms with Crippen LogP contribution in [0.25, 0.3) is 0 Å². The second-order valence-corrected chi connectivity index (χ2v) is 10.8. The van der Waals surface area contributed by atoms with Crippen molar-refractivity contribution in [3.05, 3.63) is 65.7 Å². The minimum absolute atomic E-state index is 0.110. The number of hydrogen-bond acceptors (Lipinski definition) is 4. The van der Waals surface area contributed by atoms with Crippen molar-refractivity contribution in [1.82, 2.24) is 9.62 Å². The predicted molar refractivity (Wildman–Crippen MR) is 135 cm³/mol. The number of nitrogens with one attached hydrogen (secondary N) is 2. The number of rotatable bonds is 11. The minimum Gasteiger partial charge on any atom is -0.352 e. The Labute approximate surface area is 203 Å². The van der Waals surface area contributed by atoms with Gasteiger partial charge in [0.25, 0.3) is 5.91 Å². The monoisotopic (exact) mass is 485 g/mol. The molecule has 2 aromatic rings. The molecule has 0 unspecified atom stereocenters. The van der Waals surface area contributed by atoms with Crippen LogP contribution in [0.4, 0.5) is 5.69 Å². The quantitative estimate of drug-likeness (QED) is 0.473. The van der Waals surface area contributed by atoms with E-state index in [4.69, 9.17) is 0 Å². The number of nitrogens with zero attached hydrogens (tertiary/aromatic N) is 1. The van der Waals surface area contributed by atoms with Crippen molar-refractivity contribution in [3.63, 3.8) is 0 Å². The van der Waals surface area contributed by atoms with Crippen molar-refractivity contribution < 1.29 is 18.0 Å². The number of piperidine rings is 1. The maximum atomic E-state index is 12.9. The number of benzene rings is 2. The van der Waals surface area contributed by atoms with Crippen molar-refractivity contribution in [2.24, 2.45) is 5.92 Å². The summed E-state index contributed by atoms with van der Waals surface area (Å²) in [4.78, 5) is 25.4. The summed E-state index contributed by atoms with van der Waals surface area (Å²) in [7, 11) is -3.34. The molecule has 1 saturated heterocycles. The van der Waals surface area contributed by atoms with E-state index < -0.39 is 10.0 Å². The van der Waals surface area contributed by atoms with E-state index in [-0.39, 0.29) is 23.5 Å². The highest BCUT2D eigenvalue weighted by atomic mass is 32.2. The molecule has 0 aliphatic carbocycles. The smallest absolute Gasteiger partial charge is 0.253 e. The van der Waals surface area contributed by atoms with Gasteiger partial charge in [-0.05, 0) is 49.8 Å². The summed E-state index contributed by atoms with van der Waals surface area (Å²) in [5, 5.41) is 5.77. The van der Waals surface area contributed by atoms with E-state index in [1.807, 2.05) is 30.3 Å². The Bertz CT molecular complexity index is 1050. The van der Waals surface area contributed by atoms with Crippen LogP contribution in [0.3, 0.4) is 0 Å². The summed E-state index contributed by atoms with van der Waals surface area (Å²) in [5.74, 6) is -0.554. The topological polar surface area (TPSA) is 95.6 Å². The summed E-state index contributed by atoms with van der Waals surface area (Å²) in [6.45, 7) is 3.33. The number of para-hydroxylation sites is 1. The number of amides is 2. The zero-order valence-electron chi connectivity index (χ0n) is 19.8. The van der Waals surface area contributed by atoms with Gasteiger partial charge >= 0.3 is 0 Å². The van der Waals surface area contributed by atoms with Crippen molar-refractivity contribution in [1.29, 1.82) is 0 Å². The molecular formula is C26H35N3O4S. The molecule has 2 N–H and O–H groups in total. The molecule has 184 valence electrons. The Hall–Kier alpha value is -2.71. The van der Waals surface area contributed by atoms with Crippen LogP contribution in [0.1, 0.15) is 54.9 Å². The van der Waals surface area contributed by atoms with Crippen molar-refractivity contribution in [3.8, 4) is 0 Å². The lowest BCUT2D eigenvalue weighted by atomic mass is 9.97. The fraction of sp³-hybridized carbons (Fsp3) is 0.462. The highest BCUT2D eigenvalue weighted by Gasteiger charge is 2.31. The predicted octanol–water partition coefficient (Wildman–Crippen LogP) is 3.83. The lowest BCUT2D eigenvalue weighted by molar-refractivity contribution is -0.120. The average molecular weight is 486 g/mol. The summed E-state index contributed by atoms with van der Waals surface area (Å²) in [6.07, 6.45) is 4.12. The molecule has 0 spiro atoms. The second-order valence-electron chi connectivity index (χ2n) is 8.72. The minimum atomic E-state index is -3.34. The summed E-state index contributed by atoms with van der Waals surface area (Å²) in [5.41, 5.74) is 2.05. The summed E-state index contributed by atoms with van der Waals surface area (Å²) >= 11 is 0. The molecular weight excluding hydrogens is 450 g/mol. The van der Waals surface area contributed by atoms with Gasteiger partial charge in [-0.15, -0.1) is 0 Å². The highest BCUT2D eigenvalue weighted by molar-refractivity contribution is 7.89. The number of unbranched alkanes of at least 4 members (excludes halogenated alkanes) is 1. The number of hydrogen-bond donors (Lipinski definition) is 2. The molecule has 0 bridgehead atoms. The van der Waals surface area contributed by atoms with Gasteiger partial charge in [-0.1, -0.05) is 55.8 Å². The van der Waals surface area contributed by atoms with Crippen molar-refractivity contribution in [2.45, 2.75) is 45.4 Å². The van der Waals surface area contributed by atoms with Gasteiger partial charge in [0.1, 0.15) is 0 Å². The molecule has 34 heavy (non-hydrogen) atoms. The standard InChI is InChI=1S/C26H35N3O4S/c1-2-3-17-27-26(31)23-13-7-8-14-24(23)28-25(30)22-15-18-29(19-16-22)34(32,33)20-9-12-21-10-5-4-6-11-21/h4-8,10-11,13-14,22H,2-3,9,12,15-20H2,1H3,(H,27,31)(H,28,30). The molecule has 3 rings (SSSR count). The Morgan fingerprint density at radius 2 is 1.65 bits per heavy atom. The van der Waals surface area contributed by atoms with Crippen LogP contribution in [0.2, 0.25) is 0 Å². The van der Waals surface area contributed by atoms with Crippen molar-refractivity contribution >= 4 is 27.5 Å². The first-order valence-electron chi connectivity index (χ1n) is 12.1. The number of carbonyl (C=O) groups excluding carboxylic acids is 2. The number of carbonyl (C=O) groups is 2. The van der Waals surface area contributed by atoms with E-state index in [2.05, 4.69) is 17.6 Å². The van der Waals surface area contributed by atoms with E-state index in [0.29, 0.717) is 50.1 Å². The highest BCUT2D eigenvalue weighted by Crippen LogP contribution is 2.23. The molecule has 0 saturated carbocycles. The molecule has 1 aliphatic heterocycles. The zero-order chi connectivity index (χ0) is 24.4. The van der Waals surface area contributed by atoms with Crippen LogP contribution in [0.15, 0.2) is 54.6 Å². The maximum absolute atomic E-state index is 12.9. The zero-order valence-corrected chi connectivity index (χ0v) is 20.6. The van der Waals surface area contributed by atoms with E-state index >= 15 is 0 Å². The van der Waals surface area contributed by atoms with Gasteiger partial charge in [-0.2, -0.15) is 0 Å². The fourth-order valence-electron chi connectivity index (χ4n) is 4.13. The van der Waals surface area contributed by atoms with E-state index in [9.17, 15) is 18.0 Å². The molecule has 0 atom stereocenters. The van der Waals surface area contributed by atoms with Crippen LogP contribution in [-0.4, -0.2) is 49.9 Å². The Morgan fingerprint density at radius 3 is 2.35 bits per heavy atom. The molecule has 0 aromatic heterocycles. The molecule has 1 fully saturated rings. The number of sulfonamides is 1.